The zero-order valence-electron chi connectivity index (χ0n) is 3.31. The van der Waals surface area contributed by atoms with Gasteiger partial charge in [0.25, 0.3) is 0 Å². The molecular formula is C2H3Br2N3. The van der Waals surface area contributed by atoms with Gasteiger partial charge in [0, 0.05) is 12.4 Å². The predicted molar refractivity (Wildman–Crippen MR) is 33.8 cm³/mol. The third-order valence-electron chi connectivity index (χ3n) is 0.519. The summed E-state index contributed by atoms with van der Waals surface area (Å²) in [5, 5.41) is 0. The van der Waals surface area contributed by atoms with E-state index in [1.165, 1.54) is 0 Å². The lowest BCUT2D eigenvalue weighted by atomic mass is 11.0. The van der Waals surface area contributed by atoms with Crippen molar-refractivity contribution in [1.82, 2.24) is 13.6 Å². The van der Waals surface area contributed by atoms with Gasteiger partial charge < -0.3 is 0 Å². The molecule has 40 valence electrons. The molecule has 1 N–H and O–H groups in total. The van der Waals surface area contributed by atoms with E-state index in [4.69, 9.17) is 0 Å². The van der Waals surface area contributed by atoms with Crippen LogP contribution in [0.2, 0.25) is 0 Å². The lowest BCUT2D eigenvalue weighted by Gasteiger charge is -2.07. The fraction of sp³-hybridized carbons (Fsp3) is 0. The van der Waals surface area contributed by atoms with Gasteiger partial charge in [-0.05, 0) is 0 Å². The molecule has 0 aromatic heterocycles. The van der Waals surface area contributed by atoms with Gasteiger partial charge in [0.15, 0.2) is 0 Å². The van der Waals surface area contributed by atoms with E-state index in [2.05, 4.69) is 37.8 Å². The Morgan fingerprint density at radius 2 is 1.57 bits per heavy atom. The van der Waals surface area contributed by atoms with E-state index < -0.39 is 0 Å². The van der Waals surface area contributed by atoms with E-state index in [0.717, 1.165) is 0 Å². The molecule has 0 bridgehead atoms. The number of hydrazine groups is 2. The van der Waals surface area contributed by atoms with E-state index in [1.54, 1.807) is 8.07 Å². The maximum atomic E-state index is 3.14. The van der Waals surface area contributed by atoms with Crippen LogP contribution >= 0.6 is 32.3 Å². The van der Waals surface area contributed by atoms with Crippen LogP contribution in [0.1, 0.15) is 0 Å². The third-order valence-corrected chi connectivity index (χ3v) is 1.31. The molecule has 0 fully saturated rings. The van der Waals surface area contributed by atoms with Gasteiger partial charge in [0.1, 0.15) is 0 Å². The molecule has 0 aromatic rings. The second kappa shape index (κ2) is 2.02. The topological polar surface area (TPSA) is 18.5 Å². The molecule has 1 rings (SSSR count). The normalized spacial score (nSPS) is 19.1. The average Bonchev–Trinajstić information content (AvgIpc) is 1.87. The van der Waals surface area contributed by atoms with Crippen molar-refractivity contribution < 1.29 is 0 Å². The molecule has 1 heterocycles. The molecule has 0 atom stereocenters. The Hall–Kier alpha value is 0.260. The first kappa shape index (κ1) is 5.40. The number of nitrogens with one attached hydrogen (secondary N) is 1. The van der Waals surface area contributed by atoms with Gasteiger partial charge in [-0.25, -0.2) is 8.07 Å². The van der Waals surface area contributed by atoms with E-state index >= 15 is 0 Å². The second-order valence-electron chi connectivity index (χ2n) is 1.02. The van der Waals surface area contributed by atoms with Gasteiger partial charge in [-0.3, -0.25) is 0 Å². The minimum absolute atomic E-state index is 1.64. The number of nitrogens with zero attached hydrogens (tertiary/aromatic N) is 2. The maximum Gasteiger partial charge on any atom is 0.0682 e. The average molecular weight is 229 g/mol. The standard InChI is InChI=1S/C2H3Br2N3/c3-6-1-2-7(4)5-6/h1-2,5H. The summed E-state index contributed by atoms with van der Waals surface area (Å²) < 4.78 is 3.28. The first-order valence-corrected chi connectivity index (χ1v) is 3.05. The molecule has 1 aliphatic heterocycles. The minimum atomic E-state index is 1.64. The van der Waals surface area contributed by atoms with Crippen molar-refractivity contribution in [2.24, 2.45) is 0 Å². The monoisotopic (exact) mass is 227 g/mol. The number of rotatable bonds is 0. The molecule has 3 nitrogen and oxygen atoms in total. The highest BCUT2D eigenvalue weighted by Crippen LogP contribution is 2.06. The summed E-state index contributed by atoms with van der Waals surface area (Å²) in [5.74, 6) is 0. The fourth-order valence-electron chi connectivity index (χ4n) is 0.275. The summed E-state index contributed by atoms with van der Waals surface area (Å²) in [6, 6.07) is 0. The lowest BCUT2D eigenvalue weighted by Crippen LogP contribution is -2.25. The van der Waals surface area contributed by atoms with Crippen molar-refractivity contribution in [3.63, 3.8) is 0 Å². The Morgan fingerprint density at radius 1 is 1.14 bits per heavy atom. The lowest BCUT2D eigenvalue weighted by molar-refractivity contribution is 0.361. The summed E-state index contributed by atoms with van der Waals surface area (Å²) in [6.07, 6.45) is 3.63. The van der Waals surface area contributed by atoms with Crippen molar-refractivity contribution in [3.8, 4) is 0 Å². The fourth-order valence-corrected chi connectivity index (χ4v) is 1.04. The van der Waals surface area contributed by atoms with Crippen LogP contribution in [0.4, 0.5) is 0 Å². The Kier molecular flexibility index (Phi) is 1.56. The zero-order valence-corrected chi connectivity index (χ0v) is 6.48. The molecule has 0 spiro atoms. The maximum absolute atomic E-state index is 3.14. The molecule has 0 saturated heterocycles. The molecule has 5 heteroatoms. The molecule has 0 amide bonds. The van der Waals surface area contributed by atoms with Crippen LogP contribution in [0.5, 0.6) is 0 Å². The Balaban J connectivity index is 2.42. The number of halogens is 2. The van der Waals surface area contributed by atoms with Crippen molar-refractivity contribution >= 4 is 32.3 Å². The smallest absolute Gasteiger partial charge is 0.0682 e. The second-order valence-corrected chi connectivity index (χ2v) is 2.55. The largest absolute Gasteiger partial charge is 0.229 e. The van der Waals surface area contributed by atoms with Crippen LogP contribution < -0.4 is 5.53 Å². The van der Waals surface area contributed by atoms with Gasteiger partial charge in [-0.15, -0.1) is 5.53 Å². The van der Waals surface area contributed by atoms with Crippen LogP contribution in [0.25, 0.3) is 0 Å². The summed E-state index contributed by atoms with van der Waals surface area (Å²) >= 11 is 6.28. The van der Waals surface area contributed by atoms with Crippen LogP contribution in [0.15, 0.2) is 12.4 Å². The Morgan fingerprint density at radius 3 is 1.71 bits per heavy atom. The van der Waals surface area contributed by atoms with Gasteiger partial charge in [-0.1, -0.05) is 0 Å². The number of hydrogen-bond donors (Lipinski definition) is 1. The van der Waals surface area contributed by atoms with Crippen LogP contribution in [0, 0.1) is 0 Å². The van der Waals surface area contributed by atoms with Crippen LogP contribution in [-0.2, 0) is 0 Å². The minimum Gasteiger partial charge on any atom is -0.229 e. The first-order valence-electron chi connectivity index (χ1n) is 1.64. The van der Waals surface area contributed by atoms with E-state index in [9.17, 15) is 0 Å². The van der Waals surface area contributed by atoms with E-state index in [0.29, 0.717) is 0 Å². The van der Waals surface area contributed by atoms with Crippen molar-refractivity contribution in [1.29, 1.82) is 0 Å². The molecule has 0 aromatic carbocycles. The third kappa shape index (κ3) is 1.32. The Labute approximate surface area is 58.6 Å². The Bertz CT molecular complexity index is 82.9. The molecule has 0 radical (unpaired) electrons. The molecule has 0 aliphatic carbocycles. The molecule has 7 heavy (non-hydrogen) atoms. The highest BCUT2D eigenvalue weighted by Gasteiger charge is 2.02. The SMILES string of the molecule is BrN1C=CN(Br)N1. The molecule has 1 aliphatic rings. The summed E-state index contributed by atoms with van der Waals surface area (Å²) in [7, 11) is 0. The summed E-state index contributed by atoms with van der Waals surface area (Å²) in [4.78, 5) is 0. The summed E-state index contributed by atoms with van der Waals surface area (Å²) in [5.41, 5.74) is 2.81. The number of hydrogen-bond acceptors (Lipinski definition) is 3. The van der Waals surface area contributed by atoms with Gasteiger partial charge in [-0.2, -0.15) is 0 Å². The molecule has 0 saturated carbocycles. The zero-order chi connectivity index (χ0) is 5.28. The van der Waals surface area contributed by atoms with E-state index in [-0.39, 0.29) is 0 Å². The van der Waals surface area contributed by atoms with Crippen molar-refractivity contribution in [2.45, 2.75) is 0 Å². The van der Waals surface area contributed by atoms with Crippen molar-refractivity contribution in [2.75, 3.05) is 0 Å². The van der Waals surface area contributed by atoms with Gasteiger partial charge in [0.05, 0.1) is 32.3 Å². The van der Waals surface area contributed by atoms with Gasteiger partial charge >= 0.3 is 0 Å². The summed E-state index contributed by atoms with van der Waals surface area (Å²) in [6.45, 7) is 0. The van der Waals surface area contributed by atoms with Gasteiger partial charge in [0.2, 0.25) is 0 Å². The molecular weight excluding hydrogens is 226 g/mol. The van der Waals surface area contributed by atoms with E-state index in [1.807, 2.05) is 12.4 Å². The van der Waals surface area contributed by atoms with Crippen molar-refractivity contribution in [3.05, 3.63) is 12.4 Å². The highest BCUT2D eigenvalue weighted by atomic mass is 79.9. The quantitative estimate of drug-likeness (QED) is 0.627. The van der Waals surface area contributed by atoms with Crippen LogP contribution in [-0.4, -0.2) is 8.07 Å². The van der Waals surface area contributed by atoms with Crippen LogP contribution in [0.3, 0.4) is 0 Å². The predicted octanol–water partition coefficient (Wildman–Crippen LogP) is 1.11. The molecule has 0 unspecified atom stereocenters. The highest BCUT2D eigenvalue weighted by molar-refractivity contribution is 9.08. The first-order chi connectivity index (χ1) is 3.29.